The molecule has 15 nitrogen and oxygen atoms in total. The van der Waals surface area contributed by atoms with Gasteiger partial charge in [-0.2, -0.15) is 15.0 Å². The minimum atomic E-state index is -0.615. The maximum atomic E-state index is 12.8. The number of aromatic nitrogens is 5. The van der Waals surface area contributed by atoms with Crippen LogP contribution in [0.5, 0.6) is 0 Å². The number of hydrogen-bond donors (Lipinski definition) is 7. The molecule has 2 aromatic carbocycles. The maximum Gasteiger partial charge on any atom is 0.280 e. The molecule has 2 fully saturated rings. The van der Waals surface area contributed by atoms with Gasteiger partial charge < -0.3 is 48.4 Å². The molecule has 1 amide bonds. The first-order chi connectivity index (χ1) is 20.7. The third-order valence-corrected chi connectivity index (χ3v) is 7.42. The number of nitrogens with one attached hydrogen (secondary N) is 3. The predicted molar refractivity (Wildman–Crippen MR) is 165 cm³/mol. The third kappa shape index (κ3) is 6.54. The molecule has 4 aromatic rings. The smallest absolute Gasteiger partial charge is 0.280 e. The van der Waals surface area contributed by atoms with Crippen molar-refractivity contribution in [2.75, 3.05) is 46.6 Å². The lowest BCUT2D eigenvalue weighted by atomic mass is 10.0. The molecule has 2 aromatic heterocycles. The van der Waals surface area contributed by atoms with Gasteiger partial charge in [-0.1, -0.05) is 12.1 Å². The van der Waals surface area contributed by atoms with Crippen LogP contribution in [0, 0.1) is 0 Å². The molecule has 4 heterocycles. The van der Waals surface area contributed by atoms with Gasteiger partial charge in [-0.05, 0) is 49.2 Å². The number of carbonyl (C=O) groups excluding carboxylic acids is 1. The molecule has 0 saturated carbocycles. The Kier molecular flexibility index (Phi) is 7.86. The number of rotatable bonds is 6. The monoisotopic (exact) mass is 585 g/mol. The Balaban J connectivity index is 1.22. The summed E-state index contributed by atoms with van der Waals surface area (Å²) < 4.78 is 0. The van der Waals surface area contributed by atoms with E-state index in [2.05, 4.69) is 30.6 Å². The number of fused-ring (bicyclic) bond motifs is 1. The molecule has 2 saturated heterocycles. The average molecular weight is 586 g/mol. The lowest BCUT2D eigenvalue weighted by molar-refractivity contribution is 0.102. The Labute approximate surface area is 247 Å². The summed E-state index contributed by atoms with van der Waals surface area (Å²) in [5.74, 6) is 0.630. The molecule has 4 atom stereocenters. The van der Waals surface area contributed by atoms with E-state index >= 15 is 0 Å². The molecule has 6 rings (SSSR count). The molecule has 2 aliphatic rings. The minimum absolute atomic E-state index is 0.0969. The van der Waals surface area contributed by atoms with Crippen molar-refractivity contribution in [1.29, 1.82) is 0 Å². The number of carbonyl (C=O) groups is 1. The van der Waals surface area contributed by atoms with Crippen molar-refractivity contribution in [1.82, 2.24) is 24.9 Å². The van der Waals surface area contributed by atoms with Gasteiger partial charge in [-0.15, -0.1) is 0 Å². The highest BCUT2D eigenvalue weighted by molar-refractivity contribution is 6.03. The average Bonchev–Trinajstić information content (AvgIpc) is 2.96. The lowest BCUT2D eigenvalue weighted by Gasteiger charge is -2.37. The first-order valence-electron chi connectivity index (χ1n) is 14.2. The third-order valence-electron chi connectivity index (χ3n) is 7.42. The maximum absolute atomic E-state index is 12.8. The van der Waals surface area contributed by atoms with Crippen LogP contribution in [-0.4, -0.2) is 81.2 Å². The van der Waals surface area contributed by atoms with Crippen LogP contribution >= 0.6 is 0 Å². The molecule has 0 bridgehead atoms. The van der Waals surface area contributed by atoms with Gasteiger partial charge in [0.05, 0.1) is 11.0 Å². The van der Waals surface area contributed by atoms with E-state index < -0.39 is 11.5 Å². The molecule has 0 unspecified atom stereocenters. The fraction of sp³-hybridized carbons (Fsp3) is 0.357. The van der Waals surface area contributed by atoms with Crippen LogP contribution in [0.4, 0.5) is 29.2 Å². The number of piperidine rings is 2. The summed E-state index contributed by atoms with van der Waals surface area (Å²) in [4.78, 5) is 50.2. The zero-order chi connectivity index (χ0) is 30.1. The van der Waals surface area contributed by atoms with Gasteiger partial charge in [-0.3, -0.25) is 9.59 Å². The predicted octanol–water partition coefficient (Wildman–Crippen LogP) is -0.167. The number of anilines is 5. The minimum Gasteiger partial charge on any atom is -0.338 e. The van der Waals surface area contributed by atoms with E-state index in [0.717, 1.165) is 12.8 Å². The van der Waals surface area contributed by atoms with Crippen molar-refractivity contribution in [2.24, 2.45) is 22.9 Å². The van der Waals surface area contributed by atoms with Crippen molar-refractivity contribution in [3.8, 4) is 0 Å². The van der Waals surface area contributed by atoms with Crippen LogP contribution in [0.2, 0.25) is 0 Å². The standard InChI is InChI=1S/C28H35N13O2/c29-15-9-16(30)12-40(11-15)27-37-26(38-28(39-27)41-13-17(31)10-18(32)14-41)34-20-7-5-19(6-8-20)33-24(42)23-25(43)36-22-4-2-1-3-21(22)35-23/h1-8,15-18H,9-14,29-32H2,(H,33,42)(H,36,43)(H,34,37,38,39)/t15-,16+,17-,18+. The molecule has 2 aliphatic heterocycles. The Bertz CT molecular complexity index is 1610. The van der Waals surface area contributed by atoms with Crippen molar-refractivity contribution in [2.45, 2.75) is 37.0 Å². The summed E-state index contributed by atoms with van der Waals surface area (Å²) in [6.45, 7) is 2.27. The molecular weight excluding hydrogens is 550 g/mol. The molecule has 15 heteroatoms. The molecule has 0 aliphatic carbocycles. The molecule has 0 radical (unpaired) electrons. The van der Waals surface area contributed by atoms with Crippen molar-refractivity contribution in [3.63, 3.8) is 0 Å². The number of hydrogen-bond acceptors (Lipinski definition) is 13. The van der Waals surface area contributed by atoms with Crippen molar-refractivity contribution < 1.29 is 4.79 Å². The van der Waals surface area contributed by atoms with E-state index in [1.54, 1.807) is 48.5 Å². The van der Waals surface area contributed by atoms with E-state index in [-0.39, 0.29) is 29.9 Å². The van der Waals surface area contributed by atoms with Crippen LogP contribution in [0.15, 0.2) is 53.3 Å². The van der Waals surface area contributed by atoms with Crippen LogP contribution < -0.4 is 48.9 Å². The van der Waals surface area contributed by atoms with Crippen LogP contribution in [0.25, 0.3) is 11.0 Å². The number of nitrogens with zero attached hydrogens (tertiary/aromatic N) is 6. The highest BCUT2D eigenvalue weighted by Gasteiger charge is 2.29. The fourth-order valence-corrected chi connectivity index (χ4v) is 5.52. The summed E-state index contributed by atoms with van der Waals surface area (Å²) in [5, 5.41) is 5.95. The van der Waals surface area contributed by atoms with Crippen molar-refractivity contribution >= 4 is 46.2 Å². The summed E-state index contributed by atoms with van der Waals surface area (Å²) in [5.41, 5.74) is 26.4. The quantitative estimate of drug-likeness (QED) is 0.156. The summed E-state index contributed by atoms with van der Waals surface area (Å²) in [6.07, 6.45) is 1.45. The van der Waals surface area contributed by atoms with Gasteiger partial charge in [0.2, 0.25) is 17.8 Å². The van der Waals surface area contributed by atoms with E-state index in [0.29, 0.717) is 66.4 Å². The normalized spacial score (nSPS) is 22.4. The number of aromatic amines is 1. The molecule has 0 spiro atoms. The lowest BCUT2D eigenvalue weighted by Crippen LogP contribution is -2.54. The highest BCUT2D eigenvalue weighted by Crippen LogP contribution is 2.24. The second-order valence-electron chi connectivity index (χ2n) is 11.2. The number of H-pyrrole nitrogens is 1. The second kappa shape index (κ2) is 11.9. The fourth-order valence-electron chi connectivity index (χ4n) is 5.52. The zero-order valence-corrected chi connectivity index (χ0v) is 23.5. The van der Waals surface area contributed by atoms with Gasteiger partial charge >= 0.3 is 0 Å². The first-order valence-corrected chi connectivity index (χ1v) is 14.2. The first kappa shape index (κ1) is 28.4. The summed E-state index contributed by atoms with van der Waals surface area (Å²) >= 11 is 0. The van der Waals surface area contributed by atoms with Gasteiger partial charge in [0.15, 0.2) is 5.69 Å². The largest absolute Gasteiger partial charge is 0.338 e. The molecule has 11 N–H and O–H groups in total. The number of benzene rings is 2. The van der Waals surface area contributed by atoms with Crippen molar-refractivity contribution in [3.05, 3.63) is 64.6 Å². The SMILES string of the molecule is N[C@@H]1C[C@H](N)CN(c2nc(Nc3ccc(NC(=O)c4nc5ccccc5[nH]c4=O)cc3)nc(N3C[C@H](N)C[C@H](N)C3)n2)C1. The van der Waals surface area contributed by atoms with Gasteiger partial charge in [0, 0.05) is 61.7 Å². The Morgan fingerprint density at radius 2 is 1.28 bits per heavy atom. The van der Waals surface area contributed by atoms with E-state index in [1.165, 1.54) is 0 Å². The summed E-state index contributed by atoms with van der Waals surface area (Å²) in [6, 6.07) is 13.5. The van der Waals surface area contributed by atoms with E-state index in [9.17, 15) is 9.59 Å². The molecular formula is C28H35N13O2. The number of amides is 1. The summed E-state index contributed by atoms with van der Waals surface area (Å²) in [7, 11) is 0. The Morgan fingerprint density at radius 1 is 0.744 bits per heavy atom. The van der Waals surface area contributed by atoms with Gasteiger partial charge in [-0.25, -0.2) is 4.98 Å². The molecule has 43 heavy (non-hydrogen) atoms. The van der Waals surface area contributed by atoms with Crippen LogP contribution in [0.3, 0.4) is 0 Å². The van der Waals surface area contributed by atoms with Gasteiger partial charge in [0.25, 0.3) is 11.5 Å². The highest BCUT2D eigenvalue weighted by atomic mass is 16.2. The Morgan fingerprint density at radius 3 is 1.86 bits per heavy atom. The van der Waals surface area contributed by atoms with Crippen LogP contribution in [-0.2, 0) is 0 Å². The Hall–Kier alpha value is -4.70. The second-order valence-corrected chi connectivity index (χ2v) is 11.2. The number of para-hydroxylation sites is 2. The van der Waals surface area contributed by atoms with E-state index in [4.69, 9.17) is 27.9 Å². The topological polar surface area (TPSA) is 236 Å². The van der Waals surface area contributed by atoms with Gasteiger partial charge in [0.1, 0.15) is 0 Å². The van der Waals surface area contributed by atoms with Crippen LogP contribution in [0.1, 0.15) is 23.3 Å². The number of nitrogens with two attached hydrogens (primary N) is 4. The van der Waals surface area contributed by atoms with E-state index in [1.807, 2.05) is 9.80 Å². The zero-order valence-electron chi connectivity index (χ0n) is 23.5. The molecule has 224 valence electrons.